The first-order valence-corrected chi connectivity index (χ1v) is 13.9. The van der Waals surface area contributed by atoms with Crippen LogP contribution < -0.4 is 20.1 Å². The number of aryl methyl sites for hydroxylation is 2. The van der Waals surface area contributed by atoms with Gasteiger partial charge in [-0.05, 0) is 85.6 Å². The van der Waals surface area contributed by atoms with E-state index in [0.717, 1.165) is 15.6 Å². The molecular weight excluding hydrogens is 562 g/mol. The molecule has 3 rings (SSSR count). The molecule has 0 aromatic heterocycles. The molecule has 0 spiro atoms. The van der Waals surface area contributed by atoms with Gasteiger partial charge in [0.05, 0.1) is 22.8 Å². The fourth-order valence-electron chi connectivity index (χ4n) is 3.28. The molecule has 0 aliphatic carbocycles. The molecular formula is C26H28BrN3O4S2. The van der Waals surface area contributed by atoms with Crippen molar-refractivity contribution in [1.29, 1.82) is 0 Å². The fraction of sp³-hybridized carbons (Fsp3) is 0.231. The highest BCUT2D eigenvalue weighted by Gasteiger charge is 2.18. The Bertz CT molecular complexity index is 1350. The van der Waals surface area contributed by atoms with Gasteiger partial charge in [-0.1, -0.05) is 48.0 Å². The number of benzene rings is 3. The summed E-state index contributed by atoms with van der Waals surface area (Å²) in [6.07, 6.45) is 0. The molecule has 3 aromatic carbocycles. The van der Waals surface area contributed by atoms with E-state index in [1.54, 1.807) is 30.3 Å². The van der Waals surface area contributed by atoms with Crippen LogP contribution in [0.4, 0.5) is 11.4 Å². The number of nitrogens with one attached hydrogen (secondary N) is 3. The van der Waals surface area contributed by atoms with Crippen LogP contribution in [-0.2, 0) is 10.0 Å². The minimum Gasteiger partial charge on any atom is -0.492 e. The number of sulfonamides is 1. The Morgan fingerprint density at radius 1 is 1.03 bits per heavy atom. The van der Waals surface area contributed by atoms with Crippen LogP contribution in [0, 0.1) is 19.8 Å². The van der Waals surface area contributed by atoms with Crippen LogP contribution in [0.1, 0.15) is 35.3 Å². The van der Waals surface area contributed by atoms with Crippen molar-refractivity contribution in [3.05, 3.63) is 81.8 Å². The number of hydrogen-bond donors (Lipinski definition) is 3. The van der Waals surface area contributed by atoms with Crippen LogP contribution in [0.3, 0.4) is 0 Å². The van der Waals surface area contributed by atoms with Gasteiger partial charge in [-0.25, -0.2) is 8.42 Å². The minimum absolute atomic E-state index is 0.0686. The SMILES string of the molecule is Cc1cccc(C)c1NS(=O)(=O)c1ccc(NC(=S)NC(=O)c2cc(Br)ccc2OCC(C)C)cc1. The lowest BCUT2D eigenvalue weighted by Gasteiger charge is -2.15. The van der Waals surface area contributed by atoms with Crippen LogP contribution in [0.25, 0.3) is 0 Å². The molecule has 0 bridgehead atoms. The molecule has 3 aromatic rings. The van der Waals surface area contributed by atoms with Crippen molar-refractivity contribution in [3.8, 4) is 5.75 Å². The van der Waals surface area contributed by atoms with Gasteiger partial charge in [0.1, 0.15) is 5.75 Å². The first-order chi connectivity index (χ1) is 17.0. The second kappa shape index (κ2) is 11.9. The number of rotatable bonds is 8. The van der Waals surface area contributed by atoms with E-state index < -0.39 is 15.9 Å². The second-order valence-electron chi connectivity index (χ2n) is 8.65. The highest BCUT2D eigenvalue weighted by atomic mass is 79.9. The Kier molecular flexibility index (Phi) is 9.10. The summed E-state index contributed by atoms with van der Waals surface area (Å²) in [5.74, 6) is 0.331. The summed E-state index contributed by atoms with van der Waals surface area (Å²) >= 11 is 8.67. The molecule has 36 heavy (non-hydrogen) atoms. The van der Waals surface area contributed by atoms with E-state index >= 15 is 0 Å². The lowest BCUT2D eigenvalue weighted by molar-refractivity contribution is 0.0973. The summed E-state index contributed by atoms with van der Waals surface area (Å²) in [7, 11) is -3.78. The molecule has 0 saturated heterocycles. The molecule has 0 fully saturated rings. The van der Waals surface area contributed by atoms with E-state index in [1.165, 1.54) is 12.1 Å². The number of para-hydroxylation sites is 1. The number of amides is 1. The molecule has 0 radical (unpaired) electrons. The Labute approximate surface area is 225 Å². The normalized spacial score (nSPS) is 11.2. The van der Waals surface area contributed by atoms with Crippen molar-refractivity contribution < 1.29 is 17.9 Å². The lowest BCUT2D eigenvalue weighted by atomic mass is 10.1. The van der Waals surface area contributed by atoms with Crippen molar-refractivity contribution in [3.63, 3.8) is 0 Å². The van der Waals surface area contributed by atoms with E-state index in [4.69, 9.17) is 17.0 Å². The topological polar surface area (TPSA) is 96.5 Å². The van der Waals surface area contributed by atoms with Gasteiger partial charge in [0.15, 0.2) is 5.11 Å². The summed E-state index contributed by atoms with van der Waals surface area (Å²) in [6, 6.07) is 16.8. The van der Waals surface area contributed by atoms with Crippen molar-refractivity contribution in [2.24, 2.45) is 5.92 Å². The quantitative estimate of drug-likeness (QED) is 0.278. The molecule has 190 valence electrons. The van der Waals surface area contributed by atoms with E-state index in [2.05, 4.69) is 31.3 Å². The third kappa shape index (κ3) is 7.28. The maximum atomic E-state index is 12.9. The van der Waals surface area contributed by atoms with Crippen LogP contribution in [-0.4, -0.2) is 26.0 Å². The van der Waals surface area contributed by atoms with Crippen molar-refractivity contribution in [2.75, 3.05) is 16.6 Å². The first-order valence-electron chi connectivity index (χ1n) is 11.2. The lowest BCUT2D eigenvalue weighted by Crippen LogP contribution is -2.34. The minimum atomic E-state index is -3.78. The second-order valence-corrected chi connectivity index (χ2v) is 11.7. The van der Waals surface area contributed by atoms with Crippen LogP contribution in [0.2, 0.25) is 0 Å². The van der Waals surface area contributed by atoms with Gasteiger partial charge in [-0.3, -0.25) is 14.8 Å². The number of thiocarbonyl (C=S) groups is 1. The van der Waals surface area contributed by atoms with Crippen molar-refractivity contribution in [1.82, 2.24) is 5.32 Å². The first kappa shape index (κ1) is 27.6. The maximum absolute atomic E-state index is 12.9. The van der Waals surface area contributed by atoms with Crippen LogP contribution in [0.5, 0.6) is 5.75 Å². The maximum Gasteiger partial charge on any atom is 0.261 e. The third-order valence-electron chi connectivity index (χ3n) is 5.13. The average Bonchev–Trinajstić information content (AvgIpc) is 2.81. The smallest absolute Gasteiger partial charge is 0.261 e. The number of carbonyl (C=O) groups is 1. The Hall–Kier alpha value is -2.95. The predicted molar refractivity (Wildman–Crippen MR) is 151 cm³/mol. The zero-order valence-electron chi connectivity index (χ0n) is 20.4. The van der Waals surface area contributed by atoms with E-state index in [9.17, 15) is 13.2 Å². The molecule has 0 heterocycles. The van der Waals surface area contributed by atoms with Crippen LogP contribution >= 0.6 is 28.1 Å². The summed E-state index contributed by atoms with van der Waals surface area (Å²) in [4.78, 5) is 13.0. The monoisotopic (exact) mass is 589 g/mol. The molecule has 0 unspecified atom stereocenters. The highest BCUT2D eigenvalue weighted by molar-refractivity contribution is 9.10. The van der Waals surface area contributed by atoms with Gasteiger partial charge in [0, 0.05) is 10.2 Å². The summed E-state index contributed by atoms with van der Waals surface area (Å²) in [5, 5.41) is 5.61. The number of hydrogen-bond acceptors (Lipinski definition) is 5. The predicted octanol–water partition coefficient (Wildman–Crippen LogP) is 6.03. The summed E-state index contributed by atoms with van der Waals surface area (Å²) < 4.78 is 34.9. The Morgan fingerprint density at radius 3 is 2.28 bits per heavy atom. The largest absolute Gasteiger partial charge is 0.492 e. The zero-order chi connectivity index (χ0) is 26.5. The Morgan fingerprint density at radius 2 is 1.67 bits per heavy atom. The van der Waals surface area contributed by atoms with E-state index in [0.29, 0.717) is 35.2 Å². The highest BCUT2D eigenvalue weighted by Crippen LogP contribution is 2.25. The van der Waals surface area contributed by atoms with Gasteiger partial charge in [-0.2, -0.15) is 0 Å². The standard InChI is InChI=1S/C26H28BrN3O4S2/c1-16(2)15-34-23-13-8-19(27)14-22(23)25(31)29-26(35)28-20-9-11-21(12-10-20)36(32,33)30-24-17(3)6-5-7-18(24)4/h5-14,16,30H,15H2,1-4H3,(H2,28,29,31,35). The zero-order valence-corrected chi connectivity index (χ0v) is 23.6. The van der Waals surface area contributed by atoms with Gasteiger partial charge in [-0.15, -0.1) is 0 Å². The summed E-state index contributed by atoms with van der Waals surface area (Å²) in [6.45, 7) is 8.21. The number of anilines is 2. The molecule has 1 amide bonds. The molecule has 7 nitrogen and oxygen atoms in total. The van der Waals surface area contributed by atoms with Gasteiger partial charge in [0.25, 0.3) is 15.9 Å². The number of ether oxygens (including phenoxy) is 1. The third-order valence-corrected chi connectivity index (χ3v) is 7.19. The molecule has 3 N–H and O–H groups in total. The molecule has 0 aliphatic heterocycles. The molecule has 10 heteroatoms. The van der Waals surface area contributed by atoms with E-state index in [1.807, 2.05) is 45.9 Å². The molecule has 0 saturated carbocycles. The van der Waals surface area contributed by atoms with Crippen molar-refractivity contribution >= 4 is 60.6 Å². The molecule has 0 atom stereocenters. The van der Waals surface area contributed by atoms with Gasteiger partial charge < -0.3 is 10.1 Å². The van der Waals surface area contributed by atoms with Gasteiger partial charge in [0.2, 0.25) is 0 Å². The Balaban J connectivity index is 1.67. The average molecular weight is 591 g/mol. The summed E-state index contributed by atoms with van der Waals surface area (Å²) in [5.41, 5.74) is 3.10. The number of carbonyl (C=O) groups excluding carboxylic acids is 1. The number of halogens is 1. The van der Waals surface area contributed by atoms with Crippen molar-refractivity contribution in [2.45, 2.75) is 32.6 Å². The van der Waals surface area contributed by atoms with Gasteiger partial charge >= 0.3 is 0 Å². The molecule has 0 aliphatic rings. The van der Waals surface area contributed by atoms with E-state index in [-0.39, 0.29) is 10.0 Å². The fourth-order valence-corrected chi connectivity index (χ4v) is 5.06. The van der Waals surface area contributed by atoms with Crippen LogP contribution in [0.15, 0.2) is 70.0 Å².